The maximum Gasteiger partial charge on any atom is 0.224 e. The Hall–Kier alpha value is -1.81. The van der Waals surface area contributed by atoms with Crippen LogP contribution in [-0.4, -0.2) is 42.0 Å². The van der Waals surface area contributed by atoms with E-state index in [0.717, 1.165) is 49.1 Å². The van der Waals surface area contributed by atoms with Crippen molar-refractivity contribution < 1.29 is 4.79 Å². The van der Waals surface area contributed by atoms with Gasteiger partial charge in [-0.3, -0.25) is 4.79 Å². The lowest BCUT2D eigenvalue weighted by atomic mass is 10.1. The zero-order chi connectivity index (χ0) is 15.1. The van der Waals surface area contributed by atoms with Crippen molar-refractivity contribution in [3.05, 3.63) is 36.0 Å². The predicted molar refractivity (Wildman–Crippen MR) is 87.4 cm³/mol. The molecule has 0 fully saturated rings. The smallest absolute Gasteiger partial charge is 0.224 e. The number of hydrogen-bond acceptors (Lipinski definition) is 2. The average molecular weight is 287 g/mol. The van der Waals surface area contributed by atoms with Gasteiger partial charge in [0.1, 0.15) is 0 Å². The first-order chi connectivity index (χ1) is 10.2. The standard InChI is InChI=1S/C17H25N3O/c1-3-10-20(4-2)11-9-18-17(21)12-14-13-19-16-8-6-5-7-15(14)16/h5-8,13,19H,3-4,9-12H2,1-2H3,(H,18,21). The van der Waals surface area contributed by atoms with Gasteiger partial charge in [-0.05, 0) is 31.1 Å². The van der Waals surface area contributed by atoms with Crippen LogP contribution in [0, 0.1) is 0 Å². The van der Waals surface area contributed by atoms with Gasteiger partial charge < -0.3 is 15.2 Å². The van der Waals surface area contributed by atoms with E-state index in [9.17, 15) is 4.79 Å². The van der Waals surface area contributed by atoms with Crippen molar-refractivity contribution in [3.8, 4) is 0 Å². The molecule has 21 heavy (non-hydrogen) atoms. The third kappa shape index (κ3) is 4.33. The summed E-state index contributed by atoms with van der Waals surface area (Å²) >= 11 is 0. The molecule has 4 heteroatoms. The Bertz CT molecular complexity index is 576. The highest BCUT2D eigenvalue weighted by atomic mass is 16.1. The maximum absolute atomic E-state index is 12.0. The number of fused-ring (bicyclic) bond motifs is 1. The van der Waals surface area contributed by atoms with Gasteiger partial charge in [-0.15, -0.1) is 0 Å². The summed E-state index contributed by atoms with van der Waals surface area (Å²) in [7, 11) is 0. The lowest BCUT2D eigenvalue weighted by Crippen LogP contribution is -2.35. The molecule has 0 spiro atoms. The van der Waals surface area contributed by atoms with Crippen LogP contribution < -0.4 is 5.32 Å². The van der Waals surface area contributed by atoms with Crippen LogP contribution in [0.4, 0.5) is 0 Å². The summed E-state index contributed by atoms with van der Waals surface area (Å²) in [6.45, 7) is 8.10. The van der Waals surface area contributed by atoms with E-state index in [1.165, 1.54) is 0 Å². The van der Waals surface area contributed by atoms with Gasteiger partial charge in [0.2, 0.25) is 5.91 Å². The number of nitrogens with zero attached hydrogens (tertiary/aromatic N) is 1. The van der Waals surface area contributed by atoms with Crippen molar-refractivity contribution in [2.24, 2.45) is 0 Å². The molecule has 2 rings (SSSR count). The molecule has 0 bridgehead atoms. The number of para-hydroxylation sites is 1. The lowest BCUT2D eigenvalue weighted by molar-refractivity contribution is -0.120. The van der Waals surface area contributed by atoms with Gasteiger partial charge in [0.05, 0.1) is 6.42 Å². The van der Waals surface area contributed by atoms with E-state index >= 15 is 0 Å². The first-order valence-corrected chi connectivity index (χ1v) is 7.78. The molecule has 1 aromatic carbocycles. The number of benzene rings is 1. The van der Waals surface area contributed by atoms with Crippen LogP contribution in [0.25, 0.3) is 10.9 Å². The fraction of sp³-hybridized carbons (Fsp3) is 0.471. The maximum atomic E-state index is 12.0. The van der Waals surface area contributed by atoms with Gasteiger partial charge in [-0.1, -0.05) is 32.0 Å². The van der Waals surface area contributed by atoms with E-state index in [-0.39, 0.29) is 5.91 Å². The minimum Gasteiger partial charge on any atom is -0.361 e. The second-order valence-electron chi connectivity index (χ2n) is 5.32. The Morgan fingerprint density at radius 3 is 2.81 bits per heavy atom. The van der Waals surface area contributed by atoms with E-state index in [0.29, 0.717) is 6.42 Å². The Morgan fingerprint density at radius 1 is 1.24 bits per heavy atom. The second kappa shape index (κ2) is 7.84. The number of H-pyrrole nitrogens is 1. The normalized spacial score (nSPS) is 11.2. The lowest BCUT2D eigenvalue weighted by Gasteiger charge is -2.19. The molecular formula is C17H25N3O. The first kappa shape index (κ1) is 15.6. The van der Waals surface area contributed by atoms with E-state index < -0.39 is 0 Å². The second-order valence-corrected chi connectivity index (χ2v) is 5.32. The Kier molecular flexibility index (Phi) is 5.81. The van der Waals surface area contributed by atoms with Crippen molar-refractivity contribution in [1.29, 1.82) is 0 Å². The molecule has 4 nitrogen and oxygen atoms in total. The number of nitrogens with one attached hydrogen (secondary N) is 2. The van der Waals surface area contributed by atoms with Crippen molar-refractivity contribution in [3.63, 3.8) is 0 Å². The molecule has 0 saturated heterocycles. The average Bonchev–Trinajstić information content (AvgIpc) is 2.89. The largest absolute Gasteiger partial charge is 0.361 e. The molecule has 0 unspecified atom stereocenters. The van der Waals surface area contributed by atoms with Crippen LogP contribution in [0.3, 0.4) is 0 Å². The van der Waals surface area contributed by atoms with Crippen LogP contribution in [-0.2, 0) is 11.2 Å². The molecule has 114 valence electrons. The number of carbonyl (C=O) groups is 1. The van der Waals surface area contributed by atoms with Crippen LogP contribution in [0.5, 0.6) is 0 Å². The Morgan fingerprint density at radius 2 is 2.05 bits per heavy atom. The monoisotopic (exact) mass is 287 g/mol. The Balaban J connectivity index is 1.82. The molecule has 1 amide bonds. The first-order valence-electron chi connectivity index (χ1n) is 7.78. The molecule has 0 aliphatic heterocycles. The van der Waals surface area contributed by atoms with Crippen LogP contribution in [0.15, 0.2) is 30.5 Å². The van der Waals surface area contributed by atoms with Gasteiger partial charge in [0.25, 0.3) is 0 Å². The minimum absolute atomic E-state index is 0.0901. The highest BCUT2D eigenvalue weighted by Crippen LogP contribution is 2.17. The van der Waals surface area contributed by atoms with E-state index in [1.54, 1.807) is 0 Å². The molecule has 0 atom stereocenters. The van der Waals surface area contributed by atoms with E-state index in [2.05, 4.69) is 35.1 Å². The van der Waals surface area contributed by atoms with Crippen molar-refractivity contribution in [2.75, 3.05) is 26.2 Å². The van der Waals surface area contributed by atoms with E-state index in [1.807, 2.05) is 24.4 Å². The molecule has 1 aromatic heterocycles. The quantitative estimate of drug-likeness (QED) is 0.784. The molecule has 2 aromatic rings. The van der Waals surface area contributed by atoms with Crippen molar-refractivity contribution in [1.82, 2.24) is 15.2 Å². The van der Waals surface area contributed by atoms with Crippen molar-refractivity contribution in [2.45, 2.75) is 26.7 Å². The summed E-state index contributed by atoms with van der Waals surface area (Å²) in [5.41, 5.74) is 2.14. The third-order valence-corrected chi connectivity index (χ3v) is 3.76. The number of carbonyl (C=O) groups excluding carboxylic acids is 1. The number of amides is 1. The number of likely N-dealkylation sites (N-methyl/N-ethyl adjacent to an activating group) is 1. The number of hydrogen-bond donors (Lipinski definition) is 2. The predicted octanol–water partition coefficient (Wildman–Crippen LogP) is 2.56. The zero-order valence-electron chi connectivity index (χ0n) is 13.0. The third-order valence-electron chi connectivity index (χ3n) is 3.76. The molecular weight excluding hydrogens is 262 g/mol. The Labute approximate surface area is 126 Å². The molecule has 0 radical (unpaired) electrons. The summed E-state index contributed by atoms with van der Waals surface area (Å²) < 4.78 is 0. The molecule has 2 N–H and O–H groups in total. The van der Waals surface area contributed by atoms with Gasteiger partial charge >= 0.3 is 0 Å². The number of aromatic nitrogens is 1. The van der Waals surface area contributed by atoms with Gasteiger partial charge in [-0.2, -0.15) is 0 Å². The number of aromatic amines is 1. The zero-order valence-corrected chi connectivity index (χ0v) is 13.0. The molecule has 1 heterocycles. The van der Waals surface area contributed by atoms with Crippen LogP contribution in [0.2, 0.25) is 0 Å². The van der Waals surface area contributed by atoms with Crippen LogP contribution in [0.1, 0.15) is 25.8 Å². The summed E-state index contributed by atoms with van der Waals surface area (Å²) in [5.74, 6) is 0.0901. The number of rotatable bonds is 8. The van der Waals surface area contributed by atoms with E-state index in [4.69, 9.17) is 0 Å². The fourth-order valence-corrected chi connectivity index (χ4v) is 2.61. The fourth-order valence-electron chi connectivity index (χ4n) is 2.61. The minimum atomic E-state index is 0.0901. The van der Waals surface area contributed by atoms with Gasteiger partial charge in [0, 0.05) is 30.2 Å². The topological polar surface area (TPSA) is 48.1 Å². The highest BCUT2D eigenvalue weighted by molar-refractivity contribution is 5.88. The summed E-state index contributed by atoms with van der Waals surface area (Å²) in [4.78, 5) is 17.6. The van der Waals surface area contributed by atoms with Crippen LogP contribution >= 0.6 is 0 Å². The SMILES string of the molecule is CCCN(CC)CCNC(=O)Cc1c[nH]c2ccccc12. The molecule has 0 aliphatic rings. The summed E-state index contributed by atoms with van der Waals surface area (Å²) in [6.07, 6.45) is 3.51. The summed E-state index contributed by atoms with van der Waals surface area (Å²) in [5, 5.41) is 4.15. The highest BCUT2D eigenvalue weighted by Gasteiger charge is 2.08. The molecule has 0 saturated carbocycles. The van der Waals surface area contributed by atoms with Gasteiger partial charge in [0.15, 0.2) is 0 Å². The van der Waals surface area contributed by atoms with Gasteiger partial charge in [-0.25, -0.2) is 0 Å². The van der Waals surface area contributed by atoms with Crippen molar-refractivity contribution >= 4 is 16.8 Å². The molecule has 0 aliphatic carbocycles. The summed E-state index contributed by atoms with van der Waals surface area (Å²) in [6, 6.07) is 8.08.